The minimum atomic E-state index is -0.196. The summed E-state index contributed by atoms with van der Waals surface area (Å²) in [5, 5.41) is 3.41. The van der Waals surface area contributed by atoms with Gasteiger partial charge in [-0.2, -0.15) is 0 Å². The second-order valence-corrected chi connectivity index (χ2v) is 5.76. The highest BCUT2D eigenvalue weighted by Gasteiger charge is 2.26. The zero-order chi connectivity index (χ0) is 15.8. The second-order valence-electron chi connectivity index (χ2n) is 5.35. The highest BCUT2D eigenvalue weighted by Crippen LogP contribution is 2.33. The molecule has 0 radical (unpaired) electrons. The van der Waals surface area contributed by atoms with Crippen LogP contribution in [0.15, 0.2) is 66.9 Å². The zero-order valence-electron chi connectivity index (χ0n) is 12.2. The van der Waals surface area contributed by atoms with E-state index in [1.807, 2.05) is 54.7 Å². The van der Waals surface area contributed by atoms with Gasteiger partial charge in [0.25, 0.3) is 0 Å². The lowest BCUT2D eigenvalue weighted by molar-refractivity contribution is 0.256. The van der Waals surface area contributed by atoms with E-state index in [-0.39, 0.29) is 6.03 Å². The van der Waals surface area contributed by atoms with Crippen molar-refractivity contribution in [2.75, 3.05) is 10.2 Å². The van der Waals surface area contributed by atoms with Crippen molar-refractivity contribution in [1.29, 1.82) is 0 Å². The number of rotatable bonds is 1. The van der Waals surface area contributed by atoms with Crippen LogP contribution >= 0.6 is 11.6 Å². The SMILES string of the molecule is O=C(Nc1ccccc1Cl)N1Cc2cccn2-c2ccccc21. The van der Waals surface area contributed by atoms with Crippen LogP contribution in [0.3, 0.4) is 0 Å². The van der Waals surface area contributed by atoms with Crippen LogP contribution in [0.2, 0.25) is 5.02 Å². The van der Waals surface area contributed by atoms with Gasteiger partial charge in [0.15, 0.2) is 0 Å². The molecule has 3 aromatic rings. The van der Waals surface area contributed by atoms with Gasteiger partial charge in [-0.05, 0) is 36.4 Å². The summed E-state index contributed by atoms with van der Waals surface area (Å²) in [5.74, 6) is 0. The third-order valence-corrected chi connectivity index (χ3v) is 4.28. The van der Waals surface area contributed by atoms with Crippen molar-refractivity contribution in [3.63, 3.8) is 0 Å². The van der Waals surface area contributed by atoms with Crippen molar-refractivity contribution in [2.24, 2.45) is 0 Å². The molecule has 1 aliphatic rings. The molecule has 0 aliphatic carbocycles. The molecule has 0 fully saturated rings. The van der Waals surface area contributed by atoms with E-state index in [2.05, 4.69) is 9.88 Å². The Morgan fingerprint density at radius 3 is 2.52 bits per heavy atom. The van der Waals surface area contributed by atoms with Crippen molar-refractivity contribution in [2.45, 2.75) is 6.54 Å². The Balaban J connectivity index is 1.70. The minimum Gasteiger partial charge on any atom is -0.317 e. The normalized spacial score (nSPS) is 12.5. The number of aromatic nitrogens is 1. The molecule has 0 spiro atoms. The van der Waals surface area contributed by atoms with Crippen LogP contribution in [0.1, 0.15) is 5.69 Å². The Hall–Kier alpha value is -2.72. The van der Waals surface area contributed by atoms with Crippen LogP contribution < -0.4 is 10.2 Å². The standard InChI is InChI=1S/C18H14ClN3O/c19-14-7-1-2-8-15(14)20-18(23)22-12-13-6-5-11-21(13)16-9-3-4-10-17(16)22/h1-11H,12H2,(H,20,23). The van der Waals surface area contributed by atoms with E-state index in [4.69, 9.17) is 11.6 Å². The molecule has 0 saturated carbocycles. The van der Waals surface area contributed by atoms with Crippen LogP contribution in [0.5, 0.6) is 0 Å². The van der Waals surface area contributed by atoms with Crippen molar-refractivity contribution >= 4 is 29.0 Å². The number of fused-ring (bicyclic) bond motifs is 3. The Morgan fingerprint density at radius 1 is 0.957 bits per heavy atom. The van der Waals surface area contributed by atoms with Crippen LogP contribution in [-0.2, 0) is 6.54 Å². The second kappa shape index (κ2) is 5.48. The summed E-state index contributed by atoms with van der Waals surface area (Å²) in [4.78, 5) is 14.5. The topological polar surface area (TPSA) is 37.3 Å². The first-order valence-corrected chi connectivity index (χ1v) is 7.70. The fraction of sp³-hybridized carbons (Fsp3) is 0.0556. The molecule has 4 nitrogen and oxygen atoms in total. The highest BCUT2D eigenvalue weighted by atomic mass is 35.5. The molecule has 114 valence electrons. The van der Waals surface area contributed by atoms with Crippen LogP contribution in [0.4, 0.5) is 16.2 Å². The number of para-hydroxylation sites is 3. The fourth-order valence-corrected chi connectivity index (χ4v) is 3.03. The molecule has 2 heterocycles. The molecule has 0 bridgehead atoms. The molecule has 2 aromatic carbocycles. The van der Waals surface area contributed by atoms with E-state index in [9.17, 15) is 4.79 Å². The summed E-state index contributed by atoms with van der Waals surface area (Å²) >= 11 is 6.13. The minimum absolute atomic E-state index is 0.196. The number of urea groups is 1. The number of hydrogen-bond donors (Lipinski definition) is 1. The number of anilines is 2. The third kappa shape index (κ3) is 2.37. The molecule has 1 N–H and O–H groups in total. The predicted octanol–water partition coefficient (Wildman–Crippen LogP) is 4.68. The molecular formula is C18H14ClN3O. The molecule has 5 heteroatoms. The first kappa shape index (κ1) is 13.9. The van der Waals surface area contributed by atoms with Crippen molar-refractivity contribution in [1.82, 2.24) is 4.57 Å². The summed E-state index contributed by atoms with van der Waals surface area (Å²) in [6.07, 6.45) is 2.01. The highest BCUT2D eigenvalue weighted by molar-refractivity contribution is 6.33. The van der Waals surface area contributed by atoms with Gasteiger partial charge in [0.05, 0.1) is 28.6 Å². The molecule has 4 rings (SSSR count). The Bertz CT molecular complexity index is 887. The monoisotopic (exact) mass is 323 g/mol. The first-order chi connectivity index (χ1) is 11.2. The van der Waals surface area contributed by atoms with E-state index < -0.39 is 0 Å². The molecular weight excluding hydrogens is 310 g/mol. The third-order valence-electron chi connectivity index (χ3n) is 3.95. The summed E-state index contributed by atoms with van der Waals surface area (Å²) in [7, 11) is 0. The van der Waals surface area contributed by atoms with Gasteiger partial charge in [-0.15, -0.1) is 0 Å². The van der Waals surface area contributed by atoms with E-state index >= 15 is 0 Å². The smallest absolute Gasteiger partial charge is 0.317 e. The summed E-state index contributed by atoms with van der Waals surface area (Å²) in [6, 6.07) is 18.9. The van der Waals surface area contributed by atoms with Gasteiger partial charge in [-0.1, -0.05) is 35.9 Å². The maximum Gasteiger partial charge on any atom is 0.326 e. The molecule has 1 aliphatic heterocycles. The van der Waals surface area contributed by atoms with Crippen LogP contribution in [-0.4, -0.2) is 10.6 Å². The lowest BCUT2D eigenvalue weighted by Crippen LogP contribution is -2.38. The summed E-state index contributed by atoms with van der Waals surface area (Å²) < 4.78 is 2.11. The molecule has 0 unspecified atom stereocenters. The van der Waals surface area contributed by atoms with Gasteiger partial charge in [0.2, 0.25) is 0 Å². The van der Waals surface area contributed by atoms with Gasteiger partial charge < -0.3 is 9.88 Å². The maximum absolute atomic E-state index is 12.8. The van der Waals surface area contributed by atoms with Crippen LogP contribution in [0, 0.1) is 0 Å². The largest absolute Gasteiger partial charge is 0.326 e. The molecule has 0 saturated heterocycles. The predicted molar refractivity (Wildman–Crippen MR) is 92.4 cm³/mol. The number of hydrogen-bond acceptors (Lipinski definition) is 1. The first-order valence-electron chi connectivity index (χ1n) is 7.33. The van der Waals surface area contributed by atoms with Gasteiger partial charge in [0.1, 0.15) is 0 Å². The van der Waals surface area contributed by atoms with Gasteiger partial charge in [-0.3, -0.25) is 4.90 Å². The fourth-order valence-electron chi connectivity index (χ4n) is 2.85. The lowest BCUT2D eigenvalue weighted by Gasteiger charge is -2.31. The zero-order valence-corrected chi connectivity index (χ0v) is 13.0. The number of carbonyl (C=O) groups is 1. The average molecular weight is 324 g/mol. The number of halogens is 1. The molecule has 23 heavy (non-hydrogen) atoms. The van der Waals surface area contributed by atoms with Crippen molar-refractivity contribution in [3.05, 3.63) is 77.6 Å². The Morgan fingerprint density at radius 2 is 1.70 bits per heavy atom. The van der Waals surface area contributed by atoms with Crippen LogP contribution in [0.25, 0.3) is 5.69 Å². The number of nitrogens with one attached hydrogen (secondary N) is 1. The van der Waals surface area contributed by atoms with E-state index in [1.165, 1.54) is 0 Å². The quantitative estimate of drug-likeness (QED) is 0.693. The molecule has 0 atom stereocenters. The number of nitrogens with zero attached hydrogens (tertiary/aromatic N) is 2. The van der Waals surface area contributed by atoms with E-state index in [1.54, 1.807) is 17.0 Å². The molecule has 2 amide bonds. The Kier molecular flexibility index (Phi) is 3.32. The number of amides is 2. The maximum atomic E-state index is 12.8. The summed E-state index contributed by atoms with van der Waals surface area (Å²) in [5.41, 5.74) is 3.55. The van der Waals surface area contributed by atoms with Crippen molar-refractivity contribution < 1.29 is 4.79 Å². The summed E-state index contributed by atoms with van der Waals surface area (Å²) in [6.45, 7) is 0.514. The lowest BCUT2D eigenvalue weighted by atomic mass is 10.2. The Labute approximate surface area is 138 Å². The van der Waals surface area contributed by atoms with E-state index in [0.29, 0.717) is 17.3 Å². The average Bonchev–Trinajstić information content (AvgIpc) is 3.05. The molecule has 1 aromatic heterocycles. The van der Waals surface area contributed by atoms with Gasteiger partial charge in [-0.25, -0.2) is 4.79 Å². The number of carbonyl (C=O) groups excluding carboxylic acids is 1. The van der Waals surface area contributed by atoms with Gasteiger partial charge >= 0.3 is 6.03 Å². The van der Waals surface area contributed by atoms with Crippen molar-refractivity contribution in [3.8, 4) is 5.69 Å². The van der Waals surface area contributed by atoms with Gasteiger partial charge in [0, 0.05) is 11.9 Å². The van der Waals surface area contributed by atoms with E-state index in [0.717, 1.165) is 17.1 Å². The number of benzene rings is 2.